The van der Waals surface area contributed by atoms with E-state index in [0.717, 1.165) is 37.1 Å². The Kier molecular flexibility index (Phi) is 4.87. The Morgan fingerprint density at radius 3 is 2.62 bits per heavy atom. The number of hydrogen-bond donors (Lipinski definition) is 1. The van der Waals surface area contributed by atoms with Crippen molar-refractivity contribution in [2.45, 2.75) is 51.3 Å². The summed E-state index contributed by atoms with van der Waals surface area (Å²) in [7, 11) is 1.64. The minimum absolute atomic E-state index is 0.0165. The van der Waals surface area contributed by atoms with Crippen LogP contribution in [-0.4, -0.2) is 39.9 Å². The summed E-state index contributed by atoms with van der Waals surface area (Å²) in [6, 6.07) is 7.64. The van der Waals surface area contributed by atoms with Gasteiger partial charge in [-0.2, -0.15) is 0 Å². The van der Waals surface area contributed by atoms with Gasteiger partial charge in [0.15, 0.2) is 0 Å². The number of nitrogens with zero attached hydrogens (tertiary/aromatic N) is 3. The first kappa shape index (κ1) is 16.9. The lowest BCUT2D eigenvalue weighted by Gasteiger charge is -2.36. The Morgan fingerprint density at radius 1 is 1.29 bits per heavy atom. The molecular weight excluding hydrogens is 306 g/mol. The molecule has 1 N–H and O–H groups in total. The van der Waals surface area contributed by atoms with Gasteiger partial charge in [0, 0.05) is 12.5 Å². The highest BCUT2D eigenvalue weighted by Gasteiger charge is 2.41. The Bertz CT molecular complexity index is 666. The lowest BCUT2D eigenvalue weighted by atomic mass is 9.86. The molecule has 0 bridgehead atoms. The number of aliphatic hydroxyl groups is 1. The van der Waals surface area contributed by atoms with Crippen molar-refractivity contribution in [3.05, 3.63) is 41.6 Å². The zero-order valence-electron chi connectivity index (χ0n) is 14.5. The summed E-state index contributed by atoms with van der Waals surface area (Å²) in [4.78, 5) is 2.23. The molecule has 6 heteroatoms. The van der Waals surface area contributed by atoms with Gasteiger partial charge in [-0.25, -0.2) is 0 Å². The predicted octanol–water partition coefficient (Wildman–Crippen LogP) is 2.51. The average molecular weight is 331 g/mol. The molecule has 6 nitrogen and oxygen atoms in total. The number of aromatic nitrogens is 2. The SMILES string of the molecule is CCc1nnc(CN2CCC[C@@H]2[C@](C)(O)c2ccc(OC)cc2)o1. The Balaban J connectivity index is 1.77. The number of ether oxygens (including phenoxy) is 1. The van der Waals surface area contributed by atoms with Gasteiger partial charge in [-0.1, -0.05) is 19.1 Å². The molecule has 1 aromatic heterocycles. The fourth-order valence-corrected chi connectivity index (χ4v) is 3.44. The van der Waals surface area contributed by atoms with Crippen LogP contribution in [0.15, 0.2) is 28.7 Å². The number of methoxy groups -OCH3 is 1. The Morgan fingerprint density at radius 2 is 2.00 bits per heavy atom. The average Bonchev–Trinajstić information content (AvgIpc) is 3.25. The molecular formula is C18H25N3O3. The van der Waals surface area contributed by atoms with Gasteiger partial charge in [0.25, 0.3) is 0 Å². The highest BCUT2D eigenvalue weighted by molar-refractivity contribution is 5.31. The van der Waals surface area contributed by atoms with E-state index in [1.807, 2.05) is 38.1 Å². The van der Waals surface area contributed by atoms with Crippen LogP contribution < -0.4 is 4.74 Å². The standard InChI is InChI=1S/C18H25N3O3/c1-4-16-19-20-17(24-16)12-21-11-5-6-15(21)18(2,22)13-7-9-14(23-3)10-8-13/h7-10,15,22H,4-6,11-12H2,1-3H3/t15-,18-/m1/s1. The van der Waals surface area contributed by atoms with Crippen molar-refractivity contribution >= 4 is 0 Å². The van der Waals surface area contributed by atoms with Crippen molar-refractivity contribution in [2.24, 2.45) is 0 Å². The van der Waals surface area contributed by atoms with Crippen LogP contribution in [0.2, 0.25) is 0 Å². The predicted molar refractivity (Wildman–Crippen MR) is 89.7 cm³/mol. The van der Waals surface area contributed by atoms with Gasteiger partial charge in [-0.05, 0) is 44.0 Å². The first-order valence-corrected chi connectivity index (χ1v) is 8.46. The Hall–Kier alpha value is -1.92. The fraction of sp³-hybridized carbons (Fsp3) is 0.556. The fourth-order valence-electron chi connectivity index (χ4n) is 3.44. The summed E-state index contributed by atoms with van der Waals surface area (Å²) < 4.78 is 10.8. The first-order valence-electron chi connectivity index (χ1n) is 8.46. The molecule has 2 heterocycles. The highest BCUT2D eigenvalue weighted by atomic mass is 16.5. The van der Waals surface area contributed by atoms with Gasteiger partial charge in [0.2, 0.25) is 11.8 Å². The molecule has 1 aromatic carbocycles. The molecule has 1 aliphatic heterocycles. The van der Waals surface area contributed by atoms with Crippen molar-refractivity contribution in [3.63, 3.8) is 0 Å². The third kappa shape index (κ3) is 3.30. The molecule has 1 aliphatic rings. The van der Waals surface area contributed by atoms with Crippen molar-refractivity contribution in [1.82, 2.24) is 15.1 Å². The van der Waals surface area contributed by atoms with E-state index in [1.54, 1.807) is 7.11 Å². The summed E-state index contributed by atoms with van der Waals surface area (Å²) in [6.07, 6.45) is 2.72. The lowest BCUT2D eigenvalue weighted by molar-refractivity contribution is -0.0275. The molecule has 24 heavy (non-hydrogen) atoms. The maximum atomic E-state index is 11.2. The molecule has 0 amide bonds. The van der Waals surface area contributed by atoms with Crippen LogP contribution in [0.3, 0.4) is 0 Å². The van der Waals surface area contributed by atoms with Crippen LogP contribution in [-0.2, 0) is 18.6 Å². The van der Waals surface area contributed by atoms with Gasteiger partial charge in [-0.15, -0.1) is 10.2 Å². The third-order valence-corrected chi connectivity index (χ3v) is 4.84. The molecule has 0 radical (unpaired) electrons. The third-order valence-electron chi connectivity index (χ3n) is 4.84. The summed E-state index contributed by atoms with van der Waals surface area (Å²) in [5.74, 6) is 2.06. The first-order chi connectivity index (χ1) is 11.5. The second-order valence-corrected chi connectivity index (χ2v) is 6.45. The van der Waals surface area contributed by atoms with Crippen molar-refractivity contribution < 1.29 is 14.3 Å². The van der Waals surface area contributed by atoms with Gasteiger partial charge in [0.05, 0.1) is 13.7 Å². The largest absolute Gasteiger partial charge is 0.497 e. The molecule has 0 unspecified atom stereocenters. The molecule has 1 saturated heterocycles. The van der Waals surface area contributed by atoms with Crippen molar-refractivity contribution in [2.75, 3.05) is 13.7 Å². The van der Waals surface area contributed by atoms with Crippen LogP contribution in [0.25, 0.3) is 0 Å². The minimum atomic E-state index is -0.948. The molecule has 0 aliphatic carbocycles. The second-order valence-electron chi connectivity index (χ2n) is 6.45. The van der Waals surface area contributed by atoms with Crippen LogP contribution >= 0.6 is 0 Å². The summed E-state index contributed by atoms with van der Waals surface area (Å²) in [5.41, 5.74) is -0.0592. The number of benzene rings is 1. The smallest absolute Gasteiger partial charge is 0.230 e. The molecule has 3 rings (SSSR count). The number of aryl methyl sites for hydroxylation is 1. The van der Waals surface area contributed by atoms with Gasteiger partial charge >= 0.3 is 0 Å². The van der Waals surface area contributed by atoms with E-state index < -0.39 is 5.60 Å². The van der Waals surface area contributed by atoms with Gasteiger partial charge < -0.3 is 14.3 Å². The zero-order valence-corrected chi connectivity index (χ0v) is 14.5. The highest BCUT2D eigenvalue weighted by Crippen LogP contribution is 2.36. The summed E-state index contributed by atoms with van der Waals surface area (Å²) >= 11 is 0. The van der Waals surface area contributed by atoms with Gasteiger partial charge in [-0.3, -0.25) is 4.90 Å². The van der Waals surface area contributed by atoms with E-state index in [2.05, 4.69) is 15.1 Å². The molecule has 2 atom stereocenters. The van der Waals surface area contributed by atoms with E-state index in [1.165, 1.54) is 0 Å². The van der Waals surface area contributed by atoms with Crippen LogP contribution in [0, 0.1) is 0 Å². The summed E-state index contributed by atoms with van der Waals surface area (Å²) in [6.45, 7) is 5.36. The quantitative estimate of drug-likeness (QED) is 0.877. The molecule has 130 valence electrons. The molecule has 0 saturated carbocycles. The molecule has 2 aromatic rings. The maximum Gasteiger partial charge on any atom is 0.230 e. The summed E-state index contributed by atoms with van der Waals surface area (Å²) in [5, 5.41) is 19.3. The zero-order chi connectivity index (χ0) is 17.2. The molecule has 1 fully saturated rings. The topological polar surface area (TPSA) is 71.6 Å². The van der Waals surface area contributed by atoms with Crippen LogP contribution in [0.1, 0.15) is 44.0 Å². The number of likely N-dealkylation sites (tertiary alicyclic amines) is 1. The van der Waals surface area contributed by atoms with Crippen LogP contribution in [0.4, 0.5) is 0 Å². The van der Waals surface area contributed by atoms with E-state index in [0.29, 0.717) is 18.3 Å². The normalized spacial score (nSPS) is 20.9. The second kappa shape index (κ2) is 6.91. The van der Waals surface area contributed by atoms with Crippen molar-refractivity contribution in [3.8, 4) is 5.75 Å². The Labute approximate surface area is 142 Å². The lowest BCUT2D eigenvalue weighted by Crippen LogP contribution is -2.45. The van der Waals surface area contributed by atoms with E-state index >= 15 is 0 Å². The van der Waals surface area contributed by atoms with E-state index in [-0.39, 0.29) is 6.04 Å². The van der Waals surface area contributed by atoms with Gasteiger partial charge in [0.1, 0.15) is 11.4 Å². The molecule has 0 spiro atoms. The number of rotatable bonds is 6. The van der Waals surface area contributed by atoms with Crippen LogP contribution in [0.5, 0.6) is 5.75 Å². The van der Waals surface area contributed by atoms with E-state index in [4.69, 9.17) is 9.15 Å². The number of hydrogen-bond acceptors (Lipinski definition) is 6. The maximum absolute atomic E-state index is 11.2. The monoisotopic (exact) mass is 331 g/mol. The van der Waals surface area contributed by atoms with Crippen molar-refractivity contribution in [1.29, 1.82) is 0 Å². The van der Waals surface area contributed by atoms with E-state index in [9.17, 15) is 5.11 Å². The minimum Gasteiger partial charge on any atom is -0.497 e.